The molecule has 0 radical (unpaired) electrons. The van der Waals surface area contributed by atoms with Gasteiger partial charge in [0.2, 0.25) is 0 Å². The van der Waals surface area contributed by atoms with Crippen molar-refractivity contribution in [1.29, 1.82) is 0 Å². The fourth-order valence-corrected chi connectivity index (χ4v) is 3.55. The van der Waals surface area contributed by atoms with Gasteiger partial charge in [-0.05, 0) is 43.9 Å². The van der Waals surface area contributed by atoms with E-state index >= 15 is 0 Å². The minimum atomic E-state index is -0.432. The lowest BCUT2D eigenvalue weighted by atomic mass is 10.0. The summed E-state index contributed by atoms with van der Waals surface area (Å²) in [6.45, 7) is 7.45. The molecule has 2 nitrogen and oxygen atoms in total. The molecule has 0 saturated heterocycles. The lowest BCUT2D eigenvalue weighted by molar-refractivity contribution is 0.199. The molecule has 20 heavy (non-hydrogen) atoms. The fourth-order valence-electron chi connectivity index (χ4n) is 3.18. The number of halogens is 1. The summed E-state index contributed by atoms with van der Waals surface area (Å²) in [4.78, 5) is 2.53. The van der Waals surface area contributed by atoms with E-state index in [1.165, 1.54) is 31.4 Å². The standard InChI is InChI=1S/C17H26BrNO/c1-12(2)11-19(15-6-4-5-7-15)17-9-8-14(18)10-16(17)13(3)20/h8-10,12-13,15,20H,4-7,11H2,1-3H3. The predicted molar refractivity (Wildman–Crippen MR) is 89.2 cm³/mol. The Bertz CT molecular complexity index is 439. The maximum Gasteiger partial charge on any atom is 0.0782 e. The highest BCUT2D eigenvalue weighted by molar-refractivity contribution is 9.10. The molecule has 0 bridgehead atoms. The molecule has 0 aliphatic heterocycles. The Hall–Kier alpha value is -0.540. The highest BCUT2D eigenvalue weighted by Gasteiger charge is 2.26. The smallest absolute Gasteiger partial charge is 0.0782 e. The highest BCUT2D eigenvalue weighted by Crippen LogP contribution is 2.35. The maximum absolute atomic E-state index is 10.1. The van der Waals surface area contributed by atoms with E-state index in [2.05, 4.69) is 52.9 Å². The first-order valence-electron chi connectivity index (χ1n) is 7.73. The molecule has 1 aromatic carbocycles. The molecule has 0 aromatic heterocycles. The Morgan fingerprint density at radius 2 is 1.90 bits per heavy atom. The average Bonchev–Trinajstić information content (AvgIpc) is 2.89. The number of rotatable bonds is 5. The molecule has 1 fully saturated rings. The molecular formula is C17H26BrNO. The van der Waals surface area contributed by atoms with E-state index < -0.39 is 6.10 Å². The van der Waals surface area contributed by atoms with Crippen LogP contribution >= 0.6 is 15.9 Å². The summed E-state index contributed by atoms with van der Waals surface area (Å²) in [6, 6.07) is 6.94. The van der Waals surface area contributed by atoms with Gasteiger partial charge in [-0.3, -0.25) is 0 Å². The Morgan fingerprint density at radius 1 is 1.25 bits per heavy atom. The van der Waals surface area contributed by atoms with Crippen LogP contribution in [-0.4, -0.2) is 17.7 Å². The van der Waals surface area contributed by atoms with Crippen molar-refractivity contribution >= 4 is 21.6 Å². The molecule has 0 amide bonds. The van der Waals surface area contributed by atoms with E-state index in [0.717, 1.165) is 16.6 Å². The number of hydrogen-bond donors (Lipinski definition) is 1. The zero-order valence-corrected chi connectivity index (χ0v) is 14.4. The zero-order chi connectivity index (χ0) is 14.7. The molecule has 1 aliphatic carbocycles. The van der Waals surface area contributed by atoms with Crippen LogP contribution in [0.4, 0.5) is 5.69 Å². The van der Waals surface area contributed by atoms with Gasteiger partial charge >= 0.3 is 0 Å². The summed E-state index contributed by atoms with van der Waals surface area (Å²) in [5.74, 6) is 0.626. The summed E-state index contributed by atoms with van der Waals surface area (Å²) < 4.78 is 1.04. The molecule has 1 N–H and O–H groups in total. The van der Waals surface area contributed by atoms with E-state index in [1.807, 2.05) is 6.92 Å². The molecule has 1 saturated carbocycles. The van der Waals surface area contributed by atoms with Gasteiger partial charge in [-0.25, -0.2) is 0 Å². The molecule has 0 heterocycles. The van der Waals surface area contributed by atoms with Gasteiger partial charge in [0.15, 0.2) is 0 Å². The van der Waals surface area contributed by atoms with Crippen LogP contribution in [0.5, 0.6) is 0 Å². The zero-order valence-electron chi connectivity index (χ0n) is 12.8. The molecule has 1 aromatic rings. The minimum Gasteiger partial charge on any atom is -0.389 e. The molecule has 2 rings (SSSR count). The van der Waals surface area contributed by atoms with Crippen LogP contribution in [0.1, 0.15) is 58.1 Å². The van der Waals surface area contributed by atoms with Crippen LogP contribution in [0.25, 0.3) is 0 Å². The Balaban J connectivity index is 2.36. The Kier molecular flexibility index (Phi) is 5.50. The minimum absolute atomic E-state index is 0.432. The van der Waals surface area contributed by atoms with Gasteiger partial charge < -0.3 is 10.0 Å². The Morgan fingerprint density at radius 3 is 2.45 bits per heavy atom. The number of benzene rings is 1. The second kappa shape index (κ2) is 6.95. The van der Waals surface area contributed by atoms with Crippen LogP contribution < -0.4 is 4.90 Å². The van der Waals surface area contributed by atoms with E-state index in [0.29, 0.717) is 12.0 Å². The van der Waals surface area contributed by atoms with E-state index in [4.69, 9.17) is 0 Å². The van der Waals surface area contributed by atoms with Crippen LogP contribution in [0, 0.1) is 5.92 Å². The van der Waals surface area contributed by atoms with Gasteiger partial charge in [0.25, 0.3) is 0 Å². The molecule has 1 aliphatic rings. The summed E-state index contributed by atoms with van der Waals surface area (Å²) in [5, 5.41) is 10.1. The van der Waals surface area contributed by atoms with Crippen molar-refractivity contribution in [3.05, 3.63) is 28.2 Å². The second-order valence-corrected chi connectivity index (χ2v) is 7.28. The Labute approximate surface area is 131 Å². The van der Waals surface area contributed by atoms with Crippen LogP contribution in [0.3, 0.4) is 0 Å². The lowest BCUT2D eigenvalue weighted by Crippen LogP contribution is -2.37. The van der Waals surface area contributed by atoms with E-state index in [1.54, 1.807) is 0 Å². The number of anilines is 1. The lowest BCUT2D eigenvalue weighted by Gasteiger charge is -2.35. The summed E-state index contributed by atoms with van der Waals surface area (Å²) >= 11 is 3.52. The summed E-state index contributed by atoms with van der Waals surface area (Å²) in [7, 11) is 0. The number of hydrogen-bond acceptors (Lipinski definition) is 2. The first-order chi connectivity index (χ1) is 9.49. The molecular weight excluding hydrogens is 314 g/mol. The third-order valence-corrected chi connectivity index (χ3v) is 4.57. The van der Waals surface area contributed by atoms with Crippen LogP contribution in [-0.2, 0) is 0 Å². The van der Waals surface area contributed by atoms with Gasteiger partial charge in [0.05, 0.1) is 6.10 Å². The number of nitrogens with zero attached hydrogens (tertiary/aromatic N) is 1. The maximum atomic E-state index is 10.1. The van der Waals surface area contributed by atoms with E-state index in [9.17, 15) is 5.11 Å². The average molecular weight is 340 g/mol. The topological polar surface area (TPSA) is 23.5 Å². The normalized spacial score (nSPS) is 17.7. The molecule has 1 unspecified atom stereocenters. The third kappa shape index (κ3) is 3.76. The molecule has 3 heteroatoms. The van der Waals surface area contributed by atoms with Crippen molar-refractivity contribution < 1.29 is 5.11 Å². The first-order valence-corrected chi connectivity index (χ1v) is 8.52. The van der Waals surface area contributed by atoms with Gasteiger partial charge in [-0.15, -0.1) is 0 Å². The molecule has 1 atom stereocenters. The van der Waals surface area contributed by atoms with Gasteiger partial charge in [0, 0.05) is 28.3 Å². The number of aliphatic hydroxyl groups is 1. The predicted octanol–water partition coefficient (Wildman–Crippen LogP) is 4.91. The van der Waals surface area contributed by atoms with Crippen molar-refractivity contribution in [3.8, 4) is 0 Å². The SMILES string of the molecule is CC(C)CN(c1ccc(Br)cc1C(C)O)C1CCCC1. The quantitative estimate of drug-likeness (QED) is 0.823. The van der Waals surface area contributed by atoms with Crippen LogP contribution in [0.15, 0.2) is 22.7 Å². The van der Waals surface area contributed by atoms with Crippen LogP contribution in [0.2, 0.25) is 0 Å². The largest absolute Gasteiger partial charge is 0.389 e. The van der Waals surface area contributed by atoms with E-state index in [-0.39, 0.29) is 0 Å². The van der Waals surface area contributed by atoms with Crippen molar-refractivity contribution in [2.24, 2.45) is 5.92 Å². The van der Waals surface area contributed by atoms with Crippen molar-refractivity contribution in [1.82, 2.24) is 0 Å². The van der Waals surface area contributed by atoms with Crippen molar-refractivity contribution in [3.63, 3.8) is 0 Å². The van der Waals surface area contributed by atoms with Gasteiger partial charge in [0.1, 0.15) is 0 Å². The highest BCUT2D eigenvalue weighted by atomic mass is 79.9. The molecule has 112 valence electrons. The summed E-state index contributed by atoms with van der Waals surface area (Å²) in [6.07, 6.45) is 4.79. The third-order valence-electron chi connectivity index (χ3n) is 4.08. The first kappa shape index (κ1) is 15.8. The van der Waals surface area contributed by atoms with Crippen molar-refractivity contribution in [2.45, 2.75) is 58.6 Å². The van der Waals surface area contributed by atoms with Gasteiger partial charge in [-0.1, -0.05) is 42.6 Å². The second-order valence-electron chi connectivity index (χ2n) is 6.36. The summed E-state index contributed by atoms with van der Waals surface area (Å²) in [5.41, 5.74) is 2.25. The number of aliphatic hydroxyl groups excluding tert-OH is 1. The fraction of sp³-hybridized carbons (Fsp3) is 0.647. The van der Waals surface area contributed by atoms with Crippen molar-refractivity contribution in [2.75, 3.05) is 11.4 Å². The van der Waals surface area contributed by atoms with Gasteiger partial charge in [-0.2, -0.15) is 0 Å². The molecule has 0 spiro atoms. The monoisotopic (exact) mass is 339 g/mol.